The van der Waals surface area contributed by atoms with Gasteiger partial charge in [-0.05, 0) is 18.2 Å². The molecule has 1 atom stereocenters. The molecule has 3 rings (SSSR count). The lowest BCUT2D eigenvalue weighted by atomic mass is 10.1. The first-order valence-electron chi connectivity index (χ1n) is 8.42. The topological polar surface area (TPSA) is 74.7 Å². The van der Waals surface area contributed by atoms with Crippen molar-refractivity contribution in [3.63, 3.8) is 0 Å². The van der Waals surface area contributed by atoms with Crippen LogP contribution in [-0.4, -0.2) is 38.7 Å². The maximum Gasteiger partial charge on any atom is 0.418 e. The first-order chi connectivity index (χ1) is 14.2. The number of carbonyl (C=O) groups excluding carboxylic acids is 2. The van der Waals surface area contributed by atoms with Gasteiger partial charge < -0.3 is 5.32 Å². The lowest BCUT2D eigenvalue weighted by molar-refractivity contribution is -0.137. The molecule has 1 aromatic heterocycles. The molecule has 1 saturated heterocycles. The fourth-order valence-corrected chi connectivity index (χ4v) is 4.49. The average molecular weight is 475 g/mol. The number of benzene rings is 1. The fraction of sp³-hybridized carbons (Fsp3) is 0.222. The highest BCUT2D eigenvalue weighted by Crippen LogP contribution is 2.37. The fourth-order valence-electron chi connectivity index (χ4n) is 2.60. The molecule has 2 amide bonds. The number of amidine groups is 1. The number of amides is 2. The molecule has 12 heteroatoms. The van der Waals surface area contributed by atoms with Crippen molar-refractivity contribution in [2.24, 2.45) is 4.99 Å². The number of aliphatic imine (C=N–C) groups is 1. The molecular formula is C18H14ClF3N4O2S2. The van der Waals surface area contributed by atoms with E-state index in [1.54, 1.807) is 11.6 Å². The summed E-state index contributed by atoms with van der Waals surface area (Å²) >= 11 is 7.98. The van der Waals surface area contributed by atoms with Crippen molar-refractivity contribution >= 4 is 62.5 Å². The number of carbonyl (C=O) groups is 2. The van der Waals surface area contributed by atoms with Gasteiger partial charge in [0, 0.05) is 29.6 Å². The highest BCUT2D eigenvalue weighted by Gasteiger charge is 2.39. The maximum atomic E-state index is 13.2. The molecule has 0 unspecified atom stereocenters. The minimum Gasteiger partial charge on any atom is -0.325 e. The minimum atomic E-state index is -4.69. The molecule has 1 aromatic carbocycles. The number of rotatable bonds is 6. The van der Waals surface area contributed by atoms with Gasteiger partial charge in [0.2, 0.25) is 16.9 Å². The van der Waals surface area contributed by atoms with Crippen LogP contribution in [0.4, 0.5) is 24.0 Å². The number of nitrogens with one attached hydrogen (secondary N) is 1. The van der Waals surface area contributed by atoms with Crippen LogP contribution in [0, 0.1) is 0 Å². The molecule has 1 aliphatic rings. The molecular weight excluding hydrogens is 461 g/mol. The van der Waals surface area contributed by atoms with E-state index in [1.807, 2.05) is 0 Å². The van der Waals surface area contributed by atoms with E-state index in [-0.39, 0.29) is 23.9 Å². The third kappa shape index (κ3) is 5.21. The van der Waals surface area contributed by atoms with Gasteiger partial charge in [0.1, 0.15) is 5.25 Å². The summed E-state index contributed by atoms with van der Waals surface area (Å²) in [4.78, 5) is 34.8. The van der Waals surface area contributed by atoms with Crippen LogP contribution in [0.1, 0.15) is 12.0 Å². The molecule has 0 spiro atoms. The van der Waals surface area contributed by atoms with Gasteiger partial charge in [0.05, 0.1) is 11.3 Å². The van der Waals surface area contributed by atoms with Gasteiger partial charge in [-0.1, -0.05) is 29.4 Å². The number of hydrogen-bond donors (Lipinski definition) is 1. The molecule has 0 radical (unpaired) electrons. The Kier molecular flexibility index (Phi) is 6.84. The summed E-state index contributed by atoms with van der Waals surface area (Å²) in [6.07, 6.45) is -1.94. The van der Waals surface area contributed by atoms with Crippen molar-refractivity contribution in [1.82, 2.24) is 9.88 Å². The van der Waals surface area contributed by atoms with Crippen LogP contribution in [0.3, 0.4) is 0 Å². The summed E-state index contributed by atoms with van der Waals surface area (Å²) < 4.78 is 39.6. The molecule has 0 aliphatic carbocycles. The first-order valence-corrected chi connectivity index (χ1v) is 10.6. The molecule has 6 nitrogen and oxygen atoms in total. The molecule has 1 fully saturated rings. The van der Waals surface area contributed by atoms with Gasteiger partial charge in [-0.2, -0.15) is 18.2 Å². The summed E-state index contributed by atoms with van der Waals surface area (Å²) in [5.74, 6) is -1.11. The normalized spacial score (nSPS) is 18.1. The molecule has 2 aromatic rings. The number of halogens is 4. The number of thiazole rings is 1. The largest absolute Gasteiger partial charge is 0.418 e. The van der Waals surface area contributed by atoms with Crippen molar-refractivity contribution in [1.29, 1.82) is 0 Å². The Morgan fingerprint density at radius 1 is 1.43 bits per heavy atom. The van der Waals surface area contributed by atoms with E-state index in [2.05, 4.69) is 21.9 Å². The first kappa shape index (κ1) is 22.3. The van der Waals surface area contributed by atoms with Gasteiger partial charge in [0.15, 0.2) is 5.17 Å². The maximum absolute atomic E-state index is 13.2. The van der Waals surface area contributed by atoms with Gasteiger partial charge in [-0.25, -0.2) is 4.98 Å². The number of alkyl halides is 3. The Balaban J connectivity index is 1.76. The highest BCUT2D eigenvalue weighted by atomic mass is 35.5. The van der Waals surface area contributed by atoms with Crippen molar-refractivity contribution < 1.29 is 22.8 Å². The van der Waals surface area contributed by atoms with Crippen LogP contribution in [0.2, 0.25) is 5.02 Å². The summed E-state index contributed by atoms with van der Waals surface area (Å²) in [7, 11) is 0. The van der Waals surface area contributed by atoms with Crippen molar-refractivity contribution in [3.8, 4) is 0 Å². The van der Waals surface area contributed by atoms with Crippen LogP contribution in [0.25, 0.3) is 0 Å². The SMILES string of the molecule is C=CCN1C(=O)[C@@H](CC(=O)Nc2ccc(Cl)cc2C(F)(F)F)SC1=Nc1nccs1. The molecule has 1 N–H and O–H groups in total. The number of anilines is 1. The summed E-state index contributed by atoms with van der Waals surface area (Å²) in [5, 5.41) is 3.82. The van der Waals surface area contributed by atoms with Gasteiger partial charge >= 0.3 is 6.18 Å². The van der Waals surface area contributed by atoms with Crippen LogP contribution in [0.5, 0.6) is 0 Å². The Hall–Kier alpha value is -2.37. The van der Waals surface area contributed by atoms with E-state index in [9.17, 15) is 22.8 Å². The molecule has 1 aliphatic heterocycles. The monoisotopic (exact) mass is 474 g/mol. The van der Waals surface area contributed by atoms with E-state index in [0.29, 0.717) is 10.3 Å². The second-order valence-electron chi connectivity index (χ2n) is 5.99. The average Bonchev–Trinajstić information content (AvgIpc) is 3.27. The Morgan fingerprint density at radius 2 is 2.20 bits per heavy atom. The lowest BCUT2D eigenvalue weighted by Gasteiger charge is -2.15. The van der Waals surface area contributed by atoms with E-state index >= 15 is 0 Å². The van der Waals surface area contributed by atoms with Crippen LogP contribution < -0.4 is 5.32 Å². The number of aromatic nitrogens is 1. The zero-order valence-electron chi connectivity index (χ0n) is 15.1. The Bertz CT molecular complexity index is 996. The van der Waals surface area contributed by atoms with Crippen molar-refractivity contribution in [2.45, 2.75) is 17.8 Å². The van der Waals surface area contributed by atoms with Gasteiger partial charge in [-0.3, -0.25) is 14.5 Å². The Labute approximate surface area is 182 Å². The van der Waals surface area contributed by atoms with E-state index in [1.165, 1.54) is 28.4 Å². The summed E-state index contributed by atoms with van der Waals surface area (Å²) in [6.45, 7) is 3.79. The van der Waals surface area contributed by atoms with Gasteiger partial charge in [0.25, 0.3) is 0 Å². The van der Waals surface area contributed by atoms with Crippen molar-refractivity contribution in [3.05, 3.63) is 53.0 Å². The summed E-state index contributed by atoms with van der Waals surface area (Å²) in [6, 6.07) is 3.05. The third-order valence-corrected chi connectivity index (χ3v) is 5.95. The van der Waals surface area contributed by atoms with E-state index in [4.69, 9.17) is 11.6 Å². The highest BCUT2D eigenvalue weighted by molar-refractivity contribution is 8.15. The lowest BCUT2D eigenvalue weighted by Crippen LogP contribution is -2.33. The predicted octanol–water partition coefficient (Wildman–Crippen LogP) is 4.96. The van der Waals surface area contributed by atoms with E-state index in [0.717, 1.165) is 23.9 Å². The quantitative estimate of drug-likeness (QED) is 0.600. The standard InChI is InChI=1S/C18H14ClF3N4O2S2/c1-2-6-26-15(28)13(30-17(26)25-16-23-5-7-29-16)9-14(27)24-12-4-3-10(19)8-11(12)18(20,21)22/h2-5,7-8,13H,1,6,9H2,(H,24,27)/t13-/m1/s1. The molecule has 2 heterocycles. The zero-order chi connectivity index (χ0) is 21.9. The zero-order valence-corrected chi connectivity index (χ0v) is 17.5. The van der Waals surface area contributed by atoms with Crippen LogP contribution >= 0.6 is 34.7 Å². The third-order valence-electron chi connectivity index (χ3n) is 3.87. The molecule has 0 saturated carbocycles. The number of nitrogens with zero attached hydrogens (tertiary/aromatic N) is 3. The minimum absolute atomic E-state index is 0.107. The van der Waals surface area contributed by atoms with Crippen LogP contribution in [0.15, 0.2) is 47.4 Å². The smallest absolute Gasteiger partial charge is 0.325 e. The number of hydrogen-bond acceptors (Lipinski definition) is 6. The summed E-state index contributed by atoms with van der Waals surface area (Å²) in [5.41, 5.74) is -1.49. The Morgan fingerprint density at radius 3 is 2.83 bits per heavy atom. The van der Waals surface area contributed by atoms with Crippen molar-refractivity contribution in [2.75, 3.05) is 11.9 Å². The second kappa shape index (κ2) is 9.19. The van der Waals surface area contributed by atoms with Gasteiger partial charge in [-0.15, -0.1) is 17.9 Å². The van der Waals surface area contributed by atoms with Crippen LogP contribution in [-0.2, 0) is 15.8 Å². The molecule has 158 valence electrons. The number of thioether (sulfide) groups is 1. The molecule has 0 bridgehead atoms. The molecule has 30 heavy (non-hydrogen) atoms. The predicted molar refractivity (Wildman–Crippen MR) is 112 cm³/mol. The van der Waals surface area contributed by atoms with E-state index < -0.39 is 28.6 Å². The second-order valence-corrected chi connectivity index (χ2v) is 8.47.